The van der Waals surface area contributed by atoms with Crippen LogP contribution in [0.5, 0.6) is 0 Å². The number of ether oxygens (including phenoxy) is 2. The number of alkyl halides is 1. The molecule has 19 heteroatoms. The molecule has 0 amide bonds. The topological polar surface area (TPSA) is 193 Å². The van der Waals surface area contributed by atoms with Crippen LogP contribution in [0.15, 0.2) is 12.5 Å². The Kier molecular flexibility index (Phi) is 7.64. The van der Waals surface area contributed by atoms with E-state index in [0.717, 1.165) is 30.3 Å². The van der Waals surface area contributed by atoms with Crippen molar-refractivity contribution in [3.63, 3.8) is 0 Å². The zero-order chi connectivity index (χ0) is 26.8. The van der Waals surface area contributed by atoms with Gasteiger partial charge in [-0.1, -0.05) is 12.2 Å². The van der Waals surface area contributed by atoms with Gasteiger partial charge in [-0.15, -0.1) is 0 Å². The molecule has 3 fully saturated rings. The van der Waals surface area contributed by atoms with E-state index < -0.39 is 74.8 Å². The normalized spacial score (nSPS) is 43.9. The molecule has 2 aromatic heterocycles. The fourth-order valence-electron chi connectivity index (χ4n) is 5.02. The minimum absolute atomic E-state index is 0.487. The number of aliphatic hydroxyl groups is 2. The highest BCUT2D eigenvalue weighted by Crippen LogP contribution is 2.57. The molecule has 0 saturated carbocycles. The first-order valence-electron chi connectivity index (χ1n) is 11.7. The number of aromatic nitrogens is 3. The zero-order valence-corrected chi connectivity index (χ0v) is 24.3. The molecule has 210 valence electrons. The van der Waals surface area contributed by atoms with Crippen LogP contribution < -0.4 is 5.32 Å². The molecule has 15 nitrogen and oxygen atoms in total. The van der Waals surface area contributed by atoms with Crippen LogP contribution in [0.25, 0.3) is 11.0 Å². The van der Waals surface area contributed by atoms with E-state index in [4.69, 9.17) is 27.6 Å². The van der Waals surface area contributed by atoms with Gasteiger partial charge in [0, 0.05) is 12.7 Å². The van der Waals surface area contributed by atoms with E-state index in [9.17, 15) is 24.2 Å². The first-order valence-corrected chi connectivity index (χ1v) is 17.2. The van der Waals surface area contributed by atoms with E-state index in [0.29, 0.717) is 11.5 Å². The number of halogens is 1. The average Bonchev–Trinajstić information content (AvgIpc) is 3.39. The van der Waals surface area contributed by atoms with Gasteiger partial charge in [0.2, 0.25) is 0 Å². The minimum Gasteiger partial charge on any atom is -0.387 e. The van der Waals surface area contributed by atoms with Crippen LogP contribution in [-0.2, 0) is 43.1 Å². The van der Waals surface area contributed by atoms with Gasteiger partial charge >= 0.3 is 14.6 Å². The quantitative estimate of drug-likeness (QED) is 0.124. The van der Waals surface area contributed by atoms with Gasteiger partial charge in [-0.05, 0) is 41.0 Å². The van der Waals surface area contributed by atoms with Crippen molar-refractivity contribution in [2.75, 3.05) is 25.1 Å². The number of phosphoric ester groups is 1. The highest BCUT2D eigenvalue weighted by Gasteiger charge is 2.52. The Morgan fingerprint density at radius 3 is 2.68 bits per heavy atom. The first kappa shape index (κ1) is 27.8. The van der Waals surface area contributed by atoms with Gasteiger partial charge in [-0.25, -0.2) is 19.1 Å². The van der Waals surface area contributed by atoms with E-state index >= 15 is 0 Å². The predicted octanol–water partition coefficient (Wildman–Crippen LogP) is 1.52. The summed E-state index contributed by atoms with van der Waals surface area (Å²) in [4.78, 5) is 19.1. The molecule has 2 bridgehead atoms. The average molecular weight is 706 g/mol. The Labute approximate surface area is 234 Å². The van der Waals surface area contributed by atoms with Crippen molar-refractivity contribution in [1.82, 2.24) is 14.5 Å². The molecule has 0 spiro atoms. The molecule has 38 heavy (non-hydrogen) atoms. The number of nitrogens with zero attached hydrogens (tertiary/aromatic N) is 3. The van der Waals surface area contributed by atoms with Crippen LogP contribution in [0, 0.1) is 0 Å². The number of fused-ring (bicyclic) bond motifs is 3. The van der Waals surface area contributed by atoms with Gasteiger partial charge in [0.15, 0.2) is 6.23 Å². The Balaban J connectivity index is 1.33. The van der Waals surface area contributed by atoms with Gasteiger partial charge in [-0.2, -0.15) is 0 Å². The molecule has 2 aromatic rings. The molecule has 4 aliphatic rings. The largest absolute Gasteiger partial charge is 0.472 e. The molecule has 0 aliphatic carbocycles. The molecule has 0 aromatic carbocycles. The molecule has 10 atom stereocenters. The molecule has 0 radical (unpaired) electrons. The van der Waals surface area contributed by atoms with E-state index in [1.165, 1.54) is 6.33 Å². The smallest absolute Gasteiger partial charge is 0.387 e. The van der Waals surface area contributed by atoms with Gasteiger partial charge < -0.3 is 34.5 Å². The summed E-state index contributed by atoms with van der Waals surface area (Å²) in [5.41, 5.74) is 1.43. The maximum atomic E-state index is 13.0. The number of phosphoric acid groups is 1. The van der Waals surface area contributed by atoms with Crippen molar-refractivity contribution in [2.45, 2.75) is 59.8 Å². The Morgan fingerprint density at radius 2 is 1.87 bits per heavy atom. The van der Waals surface area contributed by atoms with Gasteiger partial charge in [0.05, 0.1) is 18.6 Å². The number of hydrogen-bond acceptors (Lipinski definition) is 13. The summed E-state index contributed by atoms with van der Waals surface area (Å²) in [5.74, 6) is 0.657. The summed E-state index contributed by atoms with van der Waals surface area (Å²) in [6.45, 7) is -4.37. The lowest BCUT2D eigenvalue weighted by atomic mass is 10.1. The lowest BCUT2D eigenvalue weighted by molar-refractivity contribution is -0.0495. The fraction of sp³-hybridized carbons (Fsp3) is 0.684. The predicted molar refractivity (Wildman–Crippen MR) is 141 cm³/mol. The summed E-state index contributed by atoms with van der Waals surface area (Å²) in [5, 5.41) is 25.8. The van der Waals surface area contributed by atoms with Crippen molar-refractivity contribution in [1.29, 1.82) is 0 Å². The fourth-order valence-corrected chi connectivity index (χ4v) is 8.63. The first-order chi connectivity index (χ1) is 18.0. The van der Waals surface area contributed by atoms with Crippen molar-refractivity contribution >= 4 is 66.3 Å². The van der Waals surface area contributed by atoms with Crippen molar-refractivity contribution in [3.8, 4) is 0 Å². The van der Waals surface area contributed by atoms with E-state index in [-0.39, 0.29) is 0 Å². The SMILES string of the molecule is O=P1(O)OC[C@H]2O[C@@H](I)[C@H](O[P@](=O)(S)OC[C@H]3O[C@@H](n4cc5c6c(ncnc64)NCCC5)[C@H](O)[C@@H]3O1)[C@@H]2O. The summed E-state index contributed by atoms with van der Waals surface area (Å²) < 4.78 is 59.6. The van der Waals surface area contributed by atoms with Crippen LogP contribution in [0.1, 0.15) is 18.2 Å². The Bertz CT molecular complexity index is 1320. The molecule has 4 N–H and O–H groups in total. The van der Waals surface area contributed by atoms with Crippen LogP contribution in [-0.4, -0.2) is 90.1 Å². The number of aryl methyl sites for hydroxylation is 1. The van der Waals surface area contributed by atoms with E-state index in [2.05, 4.69) is 27.5 Å². The summed E-state index contributed by atoms with van der Waals surface area (Å²) in [6, 6.07) is 0. The number of rotatable bonds is 1. The lowest BCUT2D eigenvalue weighted by Crippen LogP contribution is -2.36. The summed E-state index contributed by atoms with van der Waals surface area (Å²) in [6.07, 6.45) is -4.02. The molecular weight excluding hydrogens is 681 g/mol. The van der Waals surface area contributed by atoms with Crippen molar-refractivity contribution in [2.24, 2.45) is 0 Å². The molecule has 4 aliphatic heterocycles. The highest BCUT2D eigenvalue weighted by molar-refractivity contribution is 14.1. The molecule has 6 rings (SSSR count). The number of nitrogens with one attached hydrogen (secondary N) is 1. The van der Waals surface area contributed by atoms with E-state index in [1.807, 2.05) is 22.6 Å². The molecule has 1 unspecified atom stereocenters. The number of aliphatic hydroxyl groups excluding tert-OH is 2. The third-order valence-electron chi connectivity index (χ3n) is 6.78. The number of thiol groups is 1. The zero-order valence-electron chi connectivity index (χ0n) is 19.5. The van der Waals surface area contributed by atoms with Crippen molar-refractivity contribution in [3.05, 3.63) is 18.1 Å². The Hall–Kier alpha value is -0.400. The molecule has 3 saturated heterocycles. The number of hydrogen-bond donors (Lipinski definition) is 5. The summed E-state index contributed by atoms with van der Waals surface area (Å²) >= 11 is 5.83. The Morgan fingerprint density at radius 1 is 1.08 bits per heavy atom. The number of anilines is 1. The van der Waals surface area contributed by atoms with Crippen LogP contribution in [0.4, 0.5) is 5.82 Å². The minimum atomic E-state index is -4.80. The van der Waals surface area contributed by atoms with E-state index in [1.54, 1.807) is 10.8 Å². The molecule has 6 heterocycles. The third-order valence-corrected chi connectivity index (χ3v) is 10.4. The lowest BCUT2D eigenvalue weighted by Gasteiger charge is -2.24. The maximum absolute atomic E-state index is 13.0. The highest BCUT2D eigenvalue weighted by atomic mass is 127. The molecular formula is C19H25IN4O11P2S. The van der Waals surface area contributed by atoms with Gasteiger partial charge in [0.25, 0.3) is 0 Å². The van der Waals surface area contributed by atoms with Crippen LogP contribution >= 0.6 is 49.5 Å². The van der Waals surface area contributed by atoms with Crippen LogP contribution in [0.3, 0.4) is 0 Å². The maximum Gasteiger partial charge on any atom is 0.472 e. The van der Waals surface area contributed by atoms with Gasteiger partial charge in [-0.3, -0.25) is 18.1 Å². The summed E-state index contributed by atoms with van der Waals surface area (Å²) in [7, 11) is -4.80. The van der Waals surface area contributed by atoms with Crippen LogP contribution in [0.2, 0.25) is 0 Å². The second-order valence-electron chi connectivity index (χ2n) is 9.25. The van der Waals surface area contributed by atoms with Crippen molar-refractivity contribution < 1.29 is 51.8 Å². The second-order valence-corrected chi connectivity index (χ2v) is 14.8. The standard InChI is InChI=1S/C19H25IN4O11P2S/c20-16-15-12(25)9(32-16)5-30-36(27,28)34-14-10(6-31-37(29,38)35-15)33-19(13(14)26)24-4-8-2-1-3-21-17-11(8)18(24)23-7-22-17/h4,7,9-10,12-16,19,25-26H,1-3,5-6H2,(H,27,28)(H,29,38)(H,21,22,23)/t9-,10-,12-,13-,14-,15-,16-,19-,37-/m1/s1. The van der Waals surface area contributed by atoms with Gasteiger partial charge in [0.1, 0.15) is 58.5 Å². The second kappa shape index (κ2) is 10.5. The monoisotopic (exact) mass is 706 g/mol. The third kappa shape index (κ3) is 5.19.